The van der Waals surface area contributed by atoms with Gasteiger partial charge in [0.05, 0.1) is 17.7 Å². The van der Waals surface area contributed by atoms with Crippen LogP contribution in [0.4, 0.5) is 5.69 Å². The fourth-order valence-electron chi connectivity index (χ4n) is 2.06. The fourth-order valence-corrected chi connectivity index (χ4v) is 2.06. The van der Waals surface area contributed by atoms with Crippen LogP contribution < -0.4 is 10.6 Å². The first kappa shape index (κ1) is 14.6. The van der Waals surface area contributed by atoms with Crippen molar-refractivity contribution < 1.29 is 14.4 Å². The van der Waals surface area contributed by atoms with Crippen LogP contribution in [0.3, 0.4) is 0 Å². The van der Waals surface area contributed by atoms with Gasteiger partial charge in [0.15, 0.2) is 0 Å². The van der Waals surface area contributed by atoms with E-state index in [1.807, 2.05) is 0 Å². The van der Waals surface area contributed by atoms with Crippen molar-refractivity contribution in [3.63, 3.8) is 0 Å². The van der Waals surface area contributed by atoms with Crippen molar-refractivity contribution in [1.82, 2.24) is 10.2 Å². The molecular formula is C15H15N3O3. The minimum absolute atomic E-state index is 0.160. The van der Waals surface area contributed by atoms with Crippen molar-refractivity contribution in [2.75, 3.05) is 18.9 Å². The molecule has 0 saturated heterocycles. The van der Waals surface area contributed by atoms with Crippen LogP contribution in [0.1, 0.15) is 27.6 Å². The lowest BCUT2D eigenvalue weighted by Gasteiger charge is -2.14. The molecule has 0 saturated carbocycles. The Hall–Kier alpha value is -2.81. The molecule has 1 aromatic rings. The second-order valence-electron chi connectivity index (χ2n) is 4.72. The van der Waals surface area contributed by atoms with Crippen molar-refractivity contribution in [1.29, 1.82) is 0 Å². The highest BCUT2D eigenvalue weighted by Gasteiger charge is 2.32. The zero-order valence-electron chi connectivity index (χ0n) is 11.8. The van der Waals surface area contributed by atoms with Gasteiger partial charge in [-0.05, 0) is 25.1 Å². The third kappa shape index (κ3) is 2.72. The van der Waals surface area contributed by atoms with Gasteiger partial charge < -0.3 is 10.6 Å². The van der Waals surface area contributed by atoms with E-state index in [9.17, 15) is 14.4 Å². The van der Waals surface area contributed by atoms with Gasteiger partial charge in [0.2, 0.25) is 5.91 Å². The molecule has 1 aliphatic heterocycles. The lowest BCUT2D eigenvalue weighted by atomic mass is 10.1. The Kier molecular flexibility index (Phi) is 3.94. The molecule has 0 radical (unpaired) electrons. The molecule has 0 aliphatic carbocycles. The third-order valence-corrected chi connectivity index (χ3v) is 3.23. The van der Waals surface area contributed by atoms with E-state index in [4.69, 9.17) is 6.42 Å². The van der Waals surface area contributed by atoms with Gasteiger partial charge in [-0.15, -0.1) is 6.42 Å². The second-order valence-corrected chi connectivity index (χ2v) is 4.72. The lowest BCUT2D eigenvalue weighted by Crippen LogP contribution is -2.37. The van der Waals surface area contributed by atoms with Crippen LogP contribution >= 0.6 is 0 Å². The van der Waals surface area contributed by atoms with Crippen LogP contribution in [0.5, 0.6) is 0 Å². The average molecular weight is 285 g/mol. The van der Waals surface area contributed by atoms with Crippen molar-refractivity contribution >= 4 is 23.4 Å². The summed E-state index contributed by atoms with van der Waals surface area (Å²) in [6.45, 7) is 1.84. The fraction of sp³-hybridized carbons (Fsp3) is 0.267. The Balaban J connectivity index is 2.14. The van der Waals surface area contributed by atoms with E-state index in [0.717, 1.165) is 4.90 Å². The highest BCUT2D eigenvalue weighted by Crippen LogP contribution is 2.24. The van der Waals surface area contributed by atoms with Crippen LogP contribution in [0, 0.1) is 12.3 Å². The molecule has 0 bridgehead atoms. The Morgan fingerprint density at radius 1 is 1.33 bits per heavy atom. The number of benzene rings is 1. The monoisotopic (exact) mass is 285 g/mol. The molecule has 21 heavy (non-hydrogen) atoms. The van der Waals surface area contributed by atoms with Gasteiger partial charge in [0, 0.05) is 12.7 Å². The third-order valence-electron chi connectivity index (χ3n) is 3.23. The molecule has 6 heteroatoms. The number of carbonyl (C=O) groups is 3. The van der Waals surface area contributed by atoms with Gasteiger partial charge in [-0.2, -0.15) is 0 Å². The summed E-state index contributed by atoms with van der Waals surface area (Å²) in [5.41, 5.74) is 1.30. The first-order valence-corrected chi connectivity index (χ1v) is 6.40. The quantitative estimate of drug-likeness (QED) is 0.622. The van der Waals surface area contributed by atoms with Gasteiger partial charge in [-0.25, -0.2) is 0 Å². The number of imide groups is 1. The Labute approximate surface area is 122 Å². The zero-order valence-corrected chi connectivity index (χ0v) is 11.8. The van der Waals surface area contributed by atoms with Gasteiger partial charge >= 0.3 is 0 Å². The number of hydrogen-bond acceptors (Lipinski definition) is 4. The standard InChI is InChI=1S/C15H15N3O3/c1-4-7-16-13(19)9(2)17-10-5-6-11-12(8-10)15(21)18(3)14(11)20/h1,5-6,8-9,17H,7H2,2-3H3,(H,16,19). The van der Waals surface area contributed by atoms with Gasteiger partial charge in [0.1, 0.15) is 6.04 Å². The van der Waals surface area contributed by atoms with E-state index >= 15 is 0 Å². The number of nitrogens with zero attached hydrogens (tertiary/aromatic N) is 1. The van der Waals surface area contributed by atoms with Crippen LogP contribution in [-0.4, -0.2) is 42.3 Å². The molecule has 6 nitrogen and oxygen atoms in total. The molecule has 0 fully saturated rings. The van der Waals surface area contributed by atoms with Gasteiger partial charge in [-0.1, -0.05) is 5.92 Å². The summed E-state index contributed by atoms with van der Waals surface area (Å²) in [6, 6.07) is 4.30. The highest BCUT2D eigenvalue weighted by atomic mass is 16.2. The number of nitrogens with one attached hydrogen (secondary N) is 2. The number of terminal acetylenes is 1. The van der Waals surface area contributed by atoms with Crippen LogP contribution in [0.2, 0.25) is 0 Å². The second kappa shape index (κ2) is 5.67. The van der Waals surface area contributed by atoms with Gasteiger partial charge in [0.25, 0.3) is 11.8 Å². The average Bonchev–Trinajstić information content (AvgIpc) is 2.69. The predicted molar refractivity (Wildman–Crippen MR) is 77.8 cm³/mol. The number of amides is 3. The molecule has 2 N–H and O–H groups in total. The summed E-state index contributed by atoms with van der Waals surface area (Å²) < 4.78 is 0. The largest absolute Gasteiger partial charge is 0.374 e. The normalized spacial score (nSPS) is 14.4. The molecule has 1 atom stereocenters. The van der Waals surface area contributed by atoms with Crippen molar-refractivity contribution in [3.05, 3.63) is 29.3 Å². The zero-order chi connectivity index (χ0) is 15.6. The topological polar surface area (TPSA) is 78.5 Å². The summed E-state index contributed by atoms with van der Waals surface area (Å²) >= 11 is 0. The number of anilines is 1. The SMILES string of the molecule is C#CCNC(=O)C(C)Nc1ccc2c(c1)C(=O)N(C)C2=O. The molecule has 0 spiro atoms. The van der Waals surface area contributed by atoms with Crippen molar-refractivity contribution in [3.8, 4) is 12.3 Å². The predicted octanol–water partition coefficient (Wildman–Crippen LogP) is 0.462. The first-order valence-electron chi connectivity index (χ1n) is 6.40. The summed E-state index contributed by atoms with van der Waals surface area (Å²) in [5, 5.41) is 5.53. The number of carbonyl (C=O) groups excluding carboxylic acids is 3. The van der Waals surface area contributed by atoms with Crippen LogP contribution in [0.25, 0.3) is 0 Å². The molecule has 3 amide bonds. The molecule has 0 aromatic heterocycles. The minimum atomic E-state index is -0.513. The van der Waals surface area contributed by atoms with E-state index in [1.54, 1.807) is 25.1 Å². The summed E-state index contributed by atoms with van der Waals surface area (Å²) in [4.78, 5) is 36.4. The maximum atomic E-state index is 11.9. The Morgan fingerprint density at radius 3 is 2.67 bits per heavy atom. The molecule has 1 aromatic carbocycles. The Morgan fingerprint density at radius 2 is 2.00 bits per heavy atom. The van der Waals surface area contributed by atoms with Crippen LogP contribution in [0.15, 0.2) is 18.2 Å². The molecule has 1 heterocycles. The summed E-state index contributed by atoms with van der Waals surface area (Å²) in [5.74, 6) is 1.41. The van der Waals surface area contributed by atoms with E-state index < -0.39 is 6.04 Å². The van der Waals surface area contributed by atoms with E-state index in [2.05, 4.69) is 16.6 Å². The molecule has 108 valence electrons. The lowest BCUT2D eigenvalue weighted by molar-refractivity contribution is -0.121. The summed E-state index contributed by atoms with van der Waals surface area (Å²) in [6.07, 6.45) is 5.07. The summed E-state index contributed by atoms with van der Waals surface area (Å²) in [7, 11) is 1.44. The smallest absolute Gasteiger partial charge is 0.261 e. The first-order chi connectivity index (χ1) is 9.95. The molecule has 1 unspecified atom stereocenters. The van der Waals surface area contributed by atoms with E-state index in [1.165, 1.54) is 7.05 Å². The number of fused-ring (bicyclic) bond motifs is 1. The molecular weight excluding hydrogens is 270 g/mol. The number of rotatable bonds is 4. The number of hydrogen-bond donors (Lipinski definition) is 2. The van der Waals surface area contributed by atoms with E-state index in [0.29, 0.717) is 16.8 Å². The molecule has 2 rings (SSSR count). The minimum Gasteiger partial charge on any atom is -0.374 e. The van der Waals surface area contributed by atoms with E-state index in [-0.39, 0.29) is 24.3 Å². The Bertz CT molecular complexity index is 661. The van der Waals surface area contributed by atoms with Gasteiger partial charge in [-0.3, -0.25) is 19.3 Å². The maximum Gasteiger partial charge on any atom is 0.261 e. The van der Waals surface area contributed by atoms with Crippen molar-refractivity contribution in [2.24, 2.45) is 0 Å². The highest BCUT2D eigenvalue weighted by molar-refractivity contribution is 6.21. The van der Waals surface area contributed by atoms with Crippen molar-refractivity contribution in [2.45, 2.75) is 13.0 Å². The molecule has 1 aliphatic rings. The van der Waals surface area contributed by atoms with Crippen LogP contribution in [-0.2, 0) is 4.79 Å². The maximum absolute atomic E-state index is 11.9.